The Morgan fingerprint density at radius 1 is 1.40 bits per heavy atom. The monoisotopic (exact) mass is 282 g/mol. The molecule has 0 saturated carbocycles. The van der Waals surface area contributed by atoms with Gasteiger partial charge in [0.2, 0.25) is 0 Å². The second kappa shape index (κ2) is 6.88. The van der Waals surface area contributed by atoms with Crippen LogP contribution in [0.25, 0.3) is 0 Å². The molecule has 0 heterocycles. The SMILES string of the molecule is CCN(C(=O)N(C)CC(C)C(=O)O)c1cccc(F)c1. The Kier molecular flexibility index (Phi) is 5.49. The fraction of sp³-hybridized carbons (Fsp3) is 0.429. The lowest BCUT2D eigenvalue weighted by atomic mass is 10.2. The number of urea groups is 1. The second-order valence-corrected chi connectivity index (χ2v) is 4.63. The number of halogens is 1. The smallest absolute Gasteiger partial charge is 0.324 e. The van der Waals surface area contributed by atoms with Crippen LogP contribution in [0.5, 0.6) is 0 Å². The van der Waals surface area contributed by atoms with Crippen molar-refractivity contribution in [2.45, 2.75) is 13.8 Å². The summed E-state index contributed by atoms with van der Waals surface area (Å²) < 4.78 is 13.2. The molecule has 0 spiro atoms. The molecular weight excluding hydrogens is 263 g/mol. The number of rotatable bonds is 5. The lowest BCUT2D eigenvalue weighted by molar-refractivity contribution is -0.141. The van der Waals surface area contributed by atoms with Crippen molar-refractivity contribution in [2.75, 3.05) is 25.0 Å². The maximum atomic E-state index is 13.2. The number of amides is 2. The van der Waals surface area contributed by atoms with Crippen molar-refractivity contribution in [3.8, 4) is 0 Å². The zero-order valence-corrected chi connectivity index (χ0v) is 11.8. The summed E-state index contributed by atoms with van der Waals surface area (Å²) in [5.74, 6) is -2.04. The third-order valence-corrected chi connectivity index (χ3v) is 2.96. The van der Waals surface area contributed by atoms with Gasteiger partial charge in [-0.3, -0.25) is 9.69 Å². The Bertz CT molecular complexity index is 493. The first kappa shape index (κ1) is 15.9. The highest BCUT2D eigenvalue weighted by Crippen LogP contribution is 2.17. The largest absolute Gasteiger partial charge is 0.481 e. The van der Waals surface area contributed by atoms with E-state index in [4.69, 9.17) is 5.11 Å². The third kappa shape index (κ3) is 3.94. The van der Waals surface area contributed by atoms with Crippen LogP contribution in [0.4, 0.5) is 14.9 Å². The number of aliphatic carboxylic acids is 1. The summed E-state index contributed by atoms with van der Waals surface area (Å²) in [6.07, 6.45) is 0. The molecule has 1 aromatic rings. The van der Waals surface area contributed by atoms with Gasteiger partial charge in [0.15, 0.2) is 0 Å². The molecule has 1 N–H and O–H groups in total. The van der Waals surface area contributed by atoms with E-state index in [-0.39, 0.29) is 12.6 Å². The van der Waals surface area contributed by atoms with Crippen LogP contribution in [0.1, 0.15) is 13.8 Å². The van der Waals surface area contributed by atoms with Crippen LogP contribution in [-0.4, -0.2) is 42.1 Å². The number of hydrogen-bond donors (Lipinski definition) is 1. The van der Waals surface area contributed by atoms with E-state index in [2.05, 4.69) is 0 Å². The zero-order valence-electron chi connectivity index (χ0n) is 11.8. The Morgan fingerprint density at radius 2 is 2.05 bits per heavy atom. The molecule has 1 atom stereocenters. The Morgan fingerprint density at radius 3 is 2.55 bits per heavy atom. The van der Waals surface area contributed by atoms with Crippen LogP contribution < -0.4 is 4.90 Å². The summed E-state index contributed by atoms with van der Waals surface area (Å²) in [6.45, 7) is 3.77. The van der Waals surface area contributed by atoms with E-state index in [9.17, 15) is 14.0 Å². The van der Waals surface area contributed by atoms with E-state index in [1.54, 1.807) is 13.0 Å². The van der Waals surface area contributed by atoms with E-state index >= 15 is 0 Å². The first-order chi connectivity index (χ1) is 9.36. The first-order valence-corrected chi connectivity index (χ1v) is 6.37. The second-order valence-electron chi connectivity index (χ2n) is 4.63. The lowest BCUT2D eigenvalue weighted by Gasteiger charge is -2.28. The van der Waals surface area contributed by atoms with Crippen LogP contribution in [-0.2, 0) is 4.79 Å². The predicted molar refractivity (Wildman–Crippen MR) is 74.2 cm³/mol. The fourth-order valence-corrected chi connectivity index (χ4v) is 1.85. The maximum Gasteiger partial charge on any atom is 0.324 e. The predicted octanol–water partition coefficient (Wildman–Crippen LogP) is 2.42. The summed E-state index contributed by atoms with van der Waals surface area (Å²) in [6, 6.07) is 5.39. The van der Waals surface area contributed by atoms with Gasteiger partial charge in [0.1, 0.15) is 5.82 Å². The van der Waals surface area contributed by atoms with Crippen LogP contribution >= 0.6 is 0 Å². The summed E-state index contributed by atoms with van der Waals surface area (Å²) in [5, 5.41) is 8.86. The number of carbonyl (C=O) groups excluding carboxylic acids is 1. The van der Waals surface area contributed by atoms with Crippen molar-refractivity contribution in [3.63, 3.8) is 0 Å². The standard InChI is InChI=1S/C14H19FN2O3/c1-4-17(12-7-5-6-11(15)8-12)14(20)16(3)9-10(2)13(18)19/h5-8,10H,4,9H2,1-3H3,(H,18,19). The number of carboxylic acids is 1. The molecular formula is C14H19FN2O3. The fourth-order valence-electron chi connectivity index (χ4n) is 1.85. The van der Waals surface area contributed by atoms with Crippen molar-refractivity contribution in [2.24, 2.45) is 5.92 Å². The number of benzene rings is 1. The minimum Gasteiger partial charge on any atom is -0.481 e. The van der Waals surface area contributed by atoms with Crippen molar-refractivity contribution in [1.29, 1.82) is 0 Å². The molecule has 2 amide bonds. The highest BCUT2D eigenvalue weighted by molar-refractivity contribution is 5.92. The van der Waals surface area contributed by atoms with Crippen LogP contribution in [0.2, 0.25) is 0 Å². The van der Waals surface area contributed by atoms with Gasteiger partial charge < -0.3 is 10.0 Å². The van der Waals surface area contributed by atoms with Gasteiger partial charge in [-0.15, -0.1) is 0 Å². The van der Waals surface area contributed by atoms with Gasteiger partial charge in [-0.2, -0.15) is 0 Å². The number of nitrogens with zero attached hydrogens (tertiary/aromatic N) is 2. The number of hydrogen-bond acceptors (Lipinski definition) is 2. The third-order valence-electron chi connectivity index (χ3n) is 2.96. The molecule has 1 unspecified atom stereocenters. The lowest BCUT2D eigenvalue weighted by Crippen LogP contribution is -2.43. The Hall–Kier alpha value is -2.11. The minimum absolute atomic E-state index is 0.0972. The van der Waals surface area contributed by atoms with Crippen LogP contribution in [0.15, 0.2) is 24.3 Å². The number of anilines is 1. The molecule has 0 aliphatic heterocycles. The van der Waals surface area contributed by atoms with Gasteiger partial charge in [-0.25, -0.2) is 9.18 Å². The van der Waals surface area contributed by atoms with Crippen molar-refractivity contribution >= 4 is 17.7 Å². The molecule has 20 heavy (non-hydrogen) atoms. The van der Waals surface area contributed by atoms with Gasteiger partial charge in [-0.05, 0) is 25.1 Å². The summed E-state index contributed by atoms with van der Waals surface area (Å²) in [5.41, 5.74) is 0.451. The molecule has 6 heteroatoms. The molecule has 0 bridgehead atoms. The van der Waals surface area contributed by atoms with E-state index in [1.807, 2.05) is 0 Å². The van der Waals surface area contributed by atoms with Crippen molar-refractivity contribution in [1.82, 2.24) is 4.90 Å². The highest BCUT2D eigenvalue weighted by Gasteiger charge is 2.22. The molecule has 110 valence electrons. The molecule has 0 radical (unpaired) electrons. The molecule has 0 fully saturated rings. The zero-order chi connectivity index (χ0) is 15.3. The van der Waals surface area contributed by atoms with Gasteiger partial charge in [0.05, 0.1) is 5.92 Å². The van der Waals surface area contributed by atoms with E-state index in [0.29, 0.717) is 12.2 Å². The minimum atomic E-state index is -0.960. The molecule has 0 aromatic heterocycles. The summed E-state index contributed by atoms with van der Waals surface area (Å²) in [4.78, 5) is 25.8. The molecule has 1 rings (SSSR count). The molecule has 0 aliphatic rings. The van der Waals surface area contributed by atoms with E-state index in [0.717, 1.165) is 0 Å². The first-order valence-electron chi connectivity index (χ1n) is 6.37. The Labute approximate surface area is 117 Å². The van der Waals surface area contributed by atoms with Gasteiger partial charge in [0, 0.05) is 25.8 Å². The normalized spacial score (nSPS) is 11.8. The van der Waals surface area contributed by atoms with Gasteiger partial charge in [-0.1, -0.05) is 13.0 Å². The van der Waals surface area contributed by atoms with Crippen LogP contribution in [0.3, 0.4) is 0 Å². The molecule has 0 aliphatic carbocycles. The van der Waals surface area contributed by atoms with E-state index in [1.165, 1.54) is 42.0 Å². The molecule has 0 saturated heterocycles. The van der Waals surface area contributed by atoms with Gasteiger partial charge in [0.25, 0.3) is 0 Å². The van der Waals surface area contributed by atoms with Crippen LogP contribution in [0, 0.1) is 11.7 Å². The molecule has 1 aromatic carbocycles. The summed E-state index contributed by atoms with van der Waals surface area (Å²) in [7, 11) is 1.53. The number of carbonyl (C=O) groups is 2. The molecule has 5 nitrogen and oxygen atoms in total. The number of carboxylic acid groups (broad SMARTS) is 1. The van der Waals surface area contributed by atoms with Crippen molar-refractivity contribution < 1.29 is 19.1 Å². The average Bonchev–Trinajstić information content (AvgIpc) is 2.39. The highest BCUT2D eigenvalue weighted by atomic mass is 19.1. The quantitative estimate of drug-likeness (QED) is 0.902. The Balaban J connectivity index is 2.84. The van der Waals surface area contributed by atoms with Gasteiger partial charge >= 0.3 is 12.0 Å². The van der Waals surface area contributed by atoms with Crippen molar-refractivity contribution in [3.05, 3.63) is 30.1 Å². The average molecular weight is 282 g/mol. The topological polar surface area (TPSA) is 60.9 Å². The maximum absolute atomic E-state index is 13.2. The van der Waals surface area contributed by atoms with E-state index < -0.39 is 17.7 Å². The summed E-state index contributed by atoms with van der Waals surface area (Å²) >= 11 is 0.